The normalized spacial score (nSPS) is 10.4. The number of hydrogen-bond donors (Lipinski definition) is 1. The number of rotatable bonds is 6. The lowest BCUT2D eigenvalue weighted by Gasteiger charge is -2.24. The highest BCUT2D eigenvalue weighted by molar-refractivity contribution is 5.67. The van der Waals surface area contributed by atoms with Crippen molar-refractivity contribution >= 4 is 11.7 Å². The third kappa shape index (κ3) is 4.56. The summed E-state index contributed by atoms with van der Waals surface area (Å²) in [5.74, 6) is -2.20. The molecule has 0 aliphatic heterocycles. The van der Waals surface area contributed by atoms with E-state index in [4.69, 9.17) is 5.11 Å². The largest absolute Gasteiger partial charge is 0.481 e. The Morgan fingerprint density at radius 2 is 1.67 bits per heavy atom. The van der Waals surface area contributed by atoms with Gasteiger partial charge in [0.15, 0.2) is 0 Å². The van der Waals surface area contributed by atoms with Gasteiger partial charge in [-0.05, 0) is 29.8 Å². The zero-order chi connectivity index (χ0) is 15.2. The quantitative estimate of drug-likeness (QED) is 0.886. The van der Waals surface area contributed by atoms with Gasteiger partial charge in [-0.2, -0.15) is 0 Å². The van der Waals surface area contributed by atoms with Gasteiger partial charge in [0.1, 0.15) is 11.6 Å². The Morgan fingerprint density at radius 1 is 1.05 bits per heavy atom. The van der Waals surface area contributed by atoms with Crippen LogP contribution in [-0.2, 0) is 11.3 Å². The van der Waals surface area contributed by atoms with E-state index >= 15 is 0 Å². The minimum absolute atomic E-state index is 0.0489. The van der Waals surface area contributed by atoms with Gasteiger partial charge in [-0.1, -0.05) is 18.2 Å². The van der Waals surface area contributed by atoms with Crippen LogP contribution in [0.5, 0.6) is 0 Å². The molecule has 0 aliphatic carbocycles. The summed E-state index contributed by atoms with van der Waals surface area (Å²) in [6.45, 7) is 0.503. The summed E-state index contributed by atoms with van der Waals surface area (Å²) in [6, 6.07) is 12.5. The van der Waals surface area contributed by atoms with E-state index in [1.807, 2.05) is 30.3 Å². The fraction of sp³-hybridized carbons (Fsp3) is 0.188. The van der Waals surface area contributed by atoms with E-state index in [2.05, 4.69) is 0 Å². The minimum atomic E-state index is -0.915. The van der Waals surface area contributed by atoms with Crippen molar-refractivity contribution in [2.45, 2.75) is 13.0 Å². The topological polar surface area (TPSA) is 40.5 Å². The molecule has 0 fully saturated rings. The highest BCUT2D eigenvalue weighted by Gasteiger charge is 2.11. The van der Waals surface area contributed by atoms with E-state index in [1.165, 1.54) is 12.1 Å². The van der Waals surface area contributed by atoms with Crippen LogP contribution >= 0.6 is 0 Å². The number of carboxylic acids is 1. The number of halogens is 2. The van der Waals surface area contributed by atoms with Gasteiger partial charge in [0.25, 0.3) is 0 Å². The van der Waals surface area contributed by atoms with Gasteiger partial charge in [0, 0.05) is 24.8 Å². The van der Waals surface area contributed by atoms with E-state index in [9.17, 15) is 13.6 Å². The van der Waals surface area contributed by atoms with E-state index in [0.29, 0.717) is 5.56 Å². The summed E-state index contributed by atoms with van der Waals surface area (Å²) in [7, 11) is 0. The van der Waals surface area contributed by atoms with E-state index in [1.54, 1.807) is 4.90 Å². The molecular formula is C16H15F2NO2. The Balaban J connectivity index is 2.20. The number of carboxylic acid groups (broad SMARTS) is 1. The predicted octanol–water partition coefficient (Wildman–Crippen LogP) is 3.45. The van der Waals surface area contributed by atoms with Crippen molar-refractivity contribution in [1.29, 1.82) is 0 Å². The van der Waals surface area contributed by atoms with Crippen molar-refractivity contribution in [3.8, 4) is 0 Å². The van der Waals surface area contributed by atoms with Crippen LogP contribution in [-0.4, -0.2) is 17.6 Å². The molecule has 0 saturated heterocycles. The zero-order valence-electron chi connectivity index (χ0n) is 11.3. The Labute approximate surface area is 121 Å². The lowest BCUT2D eigenvalue weighted by Crippen LogP contribution is -2.25. The molecule has 0 unspecified atom stereocenters. The molecule has 0 spiro atoms. The van der Waals surface area contributed by atoms with Gasteiger partial charge in [0.05, 0.1) is 6.42 Å². The Hall–Kier alpha value is -2.43. The van der Waals surface area contributed by atoms with Crippen molar-refractivity contribution in [3.05, 3.63) is 65.7 Å². The minimum Gasteiger partial charge on any atom is -0.481 e. The smallest absolute Gasteiger partial charge is 0.305 e. The highest BCUT2D eigenvalue weighted by Crippen LogP contribution is 2.18. The maximum absolute atomic E-state index is 13.2. The SMILES string of the molecule is O=C(O)CCN(Cc1cc(F)cc(F)c1)c1ccccc1. The molecule has 2 rings (SSSR count). The molecule has 110 valence electrons. The summed E-state index contributed by atoms with van der Waals surface area (Å²) in [6.07, 6.45) is -0.0489. The van der Waals surface area contributed by atoms with Crippen LogP contribution in [0.25, 0.3) is 0 Å². The van der Waals surface area contributed by atoms with Gasteiger partial charge < -0.3 is 10.0 Å². The first kappa shape index (κ1) is 15.0. The molecule has 0 aromatic heterocycles. The lowest BCUT2D eigenvalue weighted by molar-refractivity contribution is -0.136. The highest BCUT2D eigenvalue weighted by atomic mass is 19.1. The molecule has 0 bridgehead atoms. The summed E-state index contributed by atoms with van der Waals surface area (Å²) in [4.78, 5) is 12.5. The Bertz CT molecular complexity index is 597. The van der Waals surface area contributed by atoms with Crippen molar-refractivity contribution in [2.24, 2.45) is 0 Å². The summed E-state index contributed by atoms with van der Waals surface area (Å²) in [5.41, 5.74) is 1.27. The Morgan fingerprint density at radius 3 is 2.24 bits per heavy atom. The van der Waals surface area contributed by atoms with E-state index in [-0.39, 0.29) is 19.5 Å². The van der Waals surface area contributed by atoms with Gasteiger partial charge in [0.2, 0.25) is 0 Å². The maximum atomic E-state index is 13.2. The van der Waals surface area contributed by atoms with E-state index in [0.717, 1.165) is 11.8 Å². The number of benzene rings is 2. The van der Waals surface area contributed by atoms with Crippen molar-refractivity contribution < 1.29 is 18.7 Å². The third-order valence-corrected chi connectivity index (χ3v) is 3.01. The fourth-order valence-corrected chi connectivity index (χ4v) is 2.09. The van der Waals surface area contributed by atoms with Crippen LogP contribution in [0, 0.1) is 11.6 Å². The Kier molecular flexibility index (Phi) is 4.87. The molecule has 0 saturated carbocycles. The third-order valence-electron chi connectivity index (χ3n) is 3.01. The number of nitrogens with zero attached hydrogens (tertiary/aromatic N) is 1. The summed E-state index contributed by atoms with van der Waals surface area (Å²) in [5, 5.41) is 8.82. The van der Waals surface area contributed by atoms with Gasteiger partial charge in [-0.25, -0.2) is 8.78 Å². The number of aliphatic carboxylic acids is 1. The molecule has 3 nitrogen and oxygen atoms in total. The maximum Gasteiger partial charge on any atom is 0.305 e. The van der Waals surface area contributed by atoms with Crippen LogP contribution in [0.15, 0.2) is 48.5 Å². The van der Waals surface area contributed by atoms with Crippen LogP contribution < -0.4 is 4.90 Å². The number of hydrogen-bond acceptors (Lipinski definition) is 2. The molecule has 2 aromatic carbocycles. The second-order valence-corrected chi connectivity index (χ2v) is 4.68. The number of carbonyl (C=O) groups is 1. The second-order valence-electron chi connectivity index (χ2n) is 4.68. The molecular weight excluding hydrogens is 276 g/mol. The molecule has 0 atom stereocenters. The molecule has 1 N–H and O–H groups in total. The first-order valence-electron chi connectivity index (χ1n) is 6.51. The average molecular weight is 291 g/mol. The predicted molar refractivity (Wildman–Crippen MR) is 76.1 cm³/mol. The molecule has 5 heteroatoms. The van der Waals surface area contributed by atoms with Gasteiger partial charge >= 0.3 is 5.97 Å². The van der Waals surface area contributed by atoms with Crippen LogP contribution in [0.3, 0.4) is 0 Å². The van der Waals surface area contributed by atoms with Crippen molar-refractivity contribution in [1.82, 2.24) is 0 Å². The fourth-order valence-electron chi connectivity index (χ4n) is 2.09. The average Bonchev–Trinajstić information content (AvgIpc) is 2.43. The van der Waals surface area contributed by atoms with Crippen molar-refractivity contribution in [2.75, 3.05) is 11.4 Å². The molecule has 2 aromatic rings. The molecule has 0 amide bonds. The van der Waals surface area contributed by atoms with Crippen molar-refractivity contribution in [3.63, 3.8) is 0 Å². The molecule has 21 heavy (non-hydrogen) atoms. The summed E-state index contributed by atoms with van der Waals surface area (Å²) < 4.78 is 26.5. The van der Waals surface area contributed by atoms with Crippen LogP contribution in [0.4, 0.5) is 14.5 Å². The molecule has 0 heterocycles. The second kappa shape index (κ2) is 6.83. The van der Waals surface area contributed by atoms with Crippen LogP contribution in [0.2, 0.25) is 0 Å². The van der Waals surface area contributed by atoms with Gasteiger partial charge in [-0.3, -0.25) is 4.79 Å². The first-order valence-corrected chi connectivity index (χ1v) is 6.51. The van der Waals surface area contributed by atoms with Crippen LogP contribution in [0.1, 0.15) is 12.0 Å². The molecule has 0 aliphatic rings. The number of anilines is 1. The lowest BCUT2D eigenvalue weighted by atomic mass is 10.1. The number of para-hydroxylation sites is 1. The van der Waals surface area contributed by atoms with E-state index < -0.39 is 17.6 Å². The van der Waals surface area contributed by atoms with Gasteiger partial charge in [-0.15, -0.1) is 0 Å². The standard InChI is InChI=1S/C16H15F2NO2/c17-13-8-12(9-14(18)10-13)11-19(7-6-16(20)21)15-4-2-1-3-5-15/h1-5,8-10H,6-7,11H2,(H,20,21). The molecule has 0 radical (unpaired) electrons. The first-order chi connectivity index (χ1) is 10.0. The monoisotopic (exact) mass is 291 g/mol. The summed E-state index contributed by atoms with van der Waals surface area (Å²) >= 11 is 0. The zero-order valence-corrected chi connectivity index (χ0v) is 11.3.